The zero-order chi connectivity index (χ0) is 26.9. The molecular weight excluding hydrogens is 543 g/mol. The van der Waals surface area contributed by atoms with Gasteiger partial charge in [0.15, 0.2) is 11.6 Å². The van der Waals surface area contributed by atoms with Crippen LogP contribution in [-0.2, 0) is 0 Å². The number of rotatable bonds is 3. The van der Waals surface area contributed by atoms with Gasteiger partial charge in [-0.3, -0.25) is 4.57 Å². The third-order valence-electron chi connectivity index (χ3n) is 7.65. The zero-order valence-corrected chi connectivity index (χ0v) is 23.2. The Hall–Kier alpha value is -4.98. The second-order valence-corrected chi connectivity index (χ2v) is 11.8. The van der Waals surface area contributed by atoms with E-state index in [0.29, 0.717) is 17.6 Å². The Morgan fingerprint density at radius 2 is 1.12 bits per heavy atom. The fourth-order valence-corrected chi connectivity index (χ4v) is 7.84. The summed E-state index contributed by atoms with van der Waals surface area (Å²) >= 11 is 3.39. The van der Waals surface area contributed by atoms with Crippen molar-refractivity contribution in [3.05, 3.63) is 115 Å². The first-order valence-corrected chi connectivity index (χ1v) is 15.0. The molecule has 0 spiro atoms. The van der Waals surface area contributed by atoms with E-state index in [-0.39, 0.29) is 0 Å². The Balaban J connectivity index is 1.40. The molecule has 5 nitrogen and oxygen atoms in total. The van der Waals surface area contributed by atoms with Gasteiger partial charge in [0, 0.05) is 42.1 Å². The molecule has 0 saturated carbocycles. The van der Waals surface area contributed by atoms with Crippen LogP contribution in [0, 0.1) is 0 Å². The first kappa shape index (κ1) is 22.8. The van der Waals surface area contributed by atoms with Crippen molar-refractivity contribution < 1.29 is 0 Å². The van der Waals surface area contributed by atoms with E-state index < -0.39 is 0 Å². The number of hydrogen-bond donors (Lipinski definition) is 0. The highest BCUT2D eigenvalue weighted by Crippen LogP contribution is 2.40. The van der Waals surface area contributed by atoms with Gasteiger partial charge in [-0.15, -0.1) is 22.7 Å². The Labute approximate surface area is 242 Å². The molecule has 4 heterocycles. The first-order chi connectivity index (χ1) is 20.3. The van der Waals surface area contributed by atoms with E-state index in [9.17, 15) is 0 Å². The molecule has 192 valence electrons. The van der Waals surface area contributed by atoms with Crippen LogP contribution in [0.25, 0.3) is 80.9 Å². The molecule has 4 aromatic heterocycles. The third kappa shape index (κ3) is 3.40. The standard InChI is InChI=1S/C34H19N5S2/c1-4-16-27-20(9-1)21-10-2-5-17-28(21)39(27)34-37-32(36-33(38-34)25-14-8-15-26-31(25)40-19-35-26)24-13-7-12-23-22-11-3-6-18-29(22)41-30(23)24/h1-19H. The molecule has 9 aromatic rings. The smallest absolute Gasteiger partial charge is 0.238 e. The van der Waals surface area contributed by atoms with Gasteiger partial charge >= 0.3 is 0 Å². The van der Waals surface area contributed by atoms with Crippen molar-refractivity contribution in [1.82, 2.24) is 24.5 Å². The molecule has 0 N–H and O–H groups in total. The topological polar surface area (TPSA) is 56.5 Å². The molecule has 0 fully saturated rings. The molecule has 0 aliphatic rings. The lowest BCUT2D eigenvalue weighted by molar-refractivity contribution is 0.955. The van der Waals surface area contributed by atoms with Crippen molar-refractivity contribution in [3.8, 4) is 28.7 Å². The maximum absolute atomic E-state index is 5.20. The Morgan fingerprint density at radius 1 is 0.512 bits per heavy atom. The molecule has 5 aromatic carbocycles. The highest BCUT2D eigenvalue weighted by molar-refractivity contribution is 7.26. The summed E-state index contributed by atoms with van der Waals surface area (Å²) in [7, 11) is 0. The Morgan fingerprint density at radius 3 is 1.88 bits per heavy atom. The summed E-state index contributed by atoms with van der Waals surface area (Å²) < 4.78 is 5.66. The molecule has 0 radical (unpaired) electrons. The molecule has 0 saturated heterocycles. The number of hydrogen-bond acceptors (Lipinski definition) is 6. The van der Waals surface area contributed by atoms with E-state index in [0.717, 1.165) is 32.4 Å². The van der Waals surface area contributed by atoms with Gasteiger partial charge in [0.25, 0.3) is 0 Å². The van der Waals surface area contributed by atoms with Crippen molar-refractivity contribution in [2.75, 3.05) is 0 Å². The summed E-state index contributed by atoms with van der Waals surface area (Å²) in [5.74, 6) is 1.90. The number of aromatic nitrogens is 5. The van der Waals surface area contributed by atoms with Gasteiger partial charge in [-0.05, 0) is 36.4 Å². The van der Waals surface area contributed by atoms with Gasteiger partial charge in [0.1, 0.15) is 0 Å². The number of fused-ring (bicyclic) bond motifs is 7. The van der Waals surface area contributed by atoms with Crippen LogP contribution < -0.4 is 0 Å². The minimum Gasteiger partial charge on any atom is -0.278 e. The van der Waals surface area contributed by atoms with Crippen LogP contribution in [0.1, 0.15) is 0 Å². The number of benzene rings is 5. The molecule has 0 unspecified atom stereocenters. The average molecular weight is 562 g/mol. The molecule has 0 aliphatic heterocycles. The van der Waals surface area contributed by atoms with Crippen molar-refractivity contribution in [2.45, 2.75) is 0 Å². The molecule has 0 atom stereocenters. The predicted molar refractivity (Wildman–Crippen MR) is 171 cm³/mol. The second-order valence-electron chi connectivity index (χ2n) is 9.94. The quantitative estimate of drug-likeness (QED) is 0.216. The molecule has 0 amide bonds. The second kappa shape index (κ2) is 8.76. The Bertz CT molecular complexity index is 2400. The number of thiazole rings is 1. The van der Waals surface area contributed by atoms with Crippen molar-refractivity contribution in [1.29, 1.82) is 0 Å². The predicted octanol–water partition coefficient (Wildman–Crippen LogP) is 9.28. The molecule has 0 aliphatic carbocycles. The van der Waals surface area contributed by atoms with Gasteiger partial charge < -0.3 is 0 Å². The van der Waals surface area contributed by atoms with Crippen molar-refractivity contribution in [3.63, 3.8) is 0 Å². The fourth-order valence-electron chi connectivity index (χ4n) is 5.83. The van der Waals surface area contributed by atoms with E-state index in [1.807, 2.05) is 17.6 Å². The molecule has 9 rings (SSSR count). The van der Waals surface area contributed by atoms with E-state index in [4.69, 9.17) is 15.0 Å². The highest BCUT2D eigenvalue weighted by atomic mass is 32.1. The SMILES string of the molecule is c1cc(-c2nc(-c3cccc4c3sc3ccccc34)nc(-n3c4ccccc4c4ccccc43)n2)c2scnc2c1. The van der Waals surface area contributed by atoms with E-state index in [2.05, 4.69) is 107 Å². The van der Waals surface area contributed by atoms with Gasteiger partial charge in [0.2, 0.25) is 5.95 Å². The molecule has 0 bridgehead atoms. The number of para-hydroxylation sites is 2. The monoisotopic (exact) mass is 561 g/mol. The van der Waals surface area contributed by atoms with E-state index in [1.165, 1.54) is 30.9 Å². The van der Waals surface area contributed by atoms with Crippen LogP contribution in [-0.4, -0.2) is 24.5 Å². The molecular formula is C34H19N5S2. The van der Waals surface area contributed by atoms with Gasteiger partial charge in [-0.25, -0.2) is 9.97 Å². The summed E-state index contributed by atoms with van der Waals surface area (Å²) in [6, 6.07) is 38.0. The number of thiophene rings is 1. The van der Waals surface area contributed by atoms with Gasteiger partial charge in [-0.1, -0.05) is 72.8 Å². The fraction of sp³-hybridized carbons (Fsp3) is 0. The van der Waals surface area contributed by atoms with Gasteiger partial charge in [0.05, 0.1) is 26.8 Å². The van der Waals surface area contributed by atoms with Gasteiger partial charge in [-0.2, -0.15) is 9.97 Å². The Kier molecular flexibility index (Phi) is 4.87. The zero-order valence-electron chi connectivity index (χ0n) is 21.5. The molecule has 41 heavy (non-hydrogen) atoms. The van der Waals surface area contributed by atoms with Crippen LogP contribution in [0.4, 0.5) is 0 Å². The number of nitrogens with zero attached hydrogens (tertiary/aromatic N) is 5. The highest BCUT2D eigenvalue weighted by Gasteiger charge is 2.20. The summed E-state index contributed by atoms with van der Waals surface area (Å²) in [6.07, 6.45) is 0. The maximum atomic E-state index is 5.20. The van der Waals surface area contributed by atoms with Crippen molar-refractivity contribution in [2.24, 2.45) is 0 Å². The summed E-state index contributed by atoms with van der Waals surface area (Å²) in [5, 5.41) is 4.80. The summed E-state index contributed by atoms with van der Waals surface area (Å²) in [5.41, 5.74) is 6.91. The third-order valence-corrected chi connectivity index (χ3v) is 9.74. The normalized spacial score (nSPS) is 11.9. The average Bonchev–Trinajstić information content (AvgIpc) is 3.74. The summed E-state index contributed by atoms with van der Waals surface area (Å²) in [4.78, 5) is 20.0. The van der Waals surface area contributed by atoms with Crippen molar-refractivity contribution >= 4 is 74.9 Å². The maximum Gasteiger partial charge on any atom is 0.238 e. The first-order valence-electron chi connectivity index (χ1n) is 13.3. The van der Waals surface area contributed by atoms with Crippen LogP contribution in [0.2, 0.25) is 0 Å². The lowest BCUT2D eigenvalue weighted by Crippen LogP contribution is -2.06. The van der Waals surface area contributed by atoms with Crippen LogP contribution >= 0.6 is 22.7 Å². The summed E-state index contributed by atoms with van der Waals surface area (Å²) in [6.45, 7) is 0. The van der Waals surface area contributed by atoms with E-state index >= 15 is 0 Å². The lowest BCUT2D eigenvalue weighted by atomic mass is 10.1. The minimum atomic E-state index is 0.599. The lowest BCUT2D eigenvalue weighted by Gasteiger charge is -2.11. The van der Waals surface area contributed by atoms with Crippen LogP contribution in [0.15, 0.2) is 115 Å². The largest absolute Gasteiger partial charge is 0.278 e. The van der Waals surface area contributed by atoms with E-state index in [1.54, 1.807) is 22.7 Å². The van der Waals surface area contributed by atoms with Crippen LogP contribution in [0.5, 0.6) is 0 Å². The minimum absolute atomic E-state index is 0.599. The molecule has 7 heteroatoms. The van der Waals surface area contributed by atoms with Crippen LogP contribution in [0.3, 0.4) is 0 Å².